The van der Waals surface area contributed by atoms with Crippen molar-refractivity contribution in [3.8, 4) is 23.0 Å². The van der Waals surface area contributed by atoms with Crippen LogP contribution in [0.4, 0.5) is 0 Å². The van der Waals surface area contributed by atoms with E-state index in [0.29, 0.717) is 40.4 Å². The van der Waals surface area contributed by atoms with E-state index in [-0.39, 0.29) is 11.9 Å². The Morgan fingerprint density at radius 3 is 2.50 bits per heavy atom. The van der Waals surface area contributed by atoms with Crippen molar-refractivity contribution in [2.24, 2.45) is 0 Å². The third-order valence-corrected chi connectivity index (χ3v) is 8.57. The van der Waals surface area contributed by atoms with Gasteiger partial charge in [0.2, 0.25) is 5.82 Å². The second-order valence-corrected chi connectivity index (χ2v) is 11.2. The average molecular weight is 594 g/mol. The van der Waals surface area contributed by atoms with Gasteiger partial charge in [-0.3, -0.25) is 9.36 Å². The zero-order valence-electron chi connectivity index (χ0n) is 22.7. The molecule has 8 nitrogen and oxygen atoms in total. The summed E-state index contributed by atoms with van der Waals surface area (Å²) in [5, 5.41) is 15.3. The van der Waals surface area contributed by atoms with E-state index in [1.807, 2.05) is 89.5 Å². The number of para-hydroxylation sites is 2. The number of aromatic nitrogens is 4. The maximum atomic E-state index is 13.3. The van der Waals surface area contributed by atoms with Gasteiger partial charge >= 0.3 is 0 Å². The number of methoxy groups -OCH3 is 1. The van der Waals surface area contributed by atoms with Crippen LogP contribution in [-0.2, 0) is 12.2 Å². The molecule has 0 aliphatic rings. The number of nitrogens with one attached hydrogen (secondary N) is 1. The highest BCUT2D eigenvalue weighted by molar-refractivity contribution is 7.98. The molecule has 0 bridgehead atoms. The second kappa shape index (κ2) is 12.9. The van der Waals surface area contributed by atoms with Crippen LogP contribution >= 0.6 is 23.1 Å². The topological polar surface area (TPSA) is 95.1 Å². The van der Waals surface area contributed by atoms with E-state index in [9.17, 15) is 4.79 Å². The Morgan fingerprint density at radius 2 is 1.74 bits per heavy atom. The van der Waals surface area contributed by atoms with E-state index in [1.165, 1.54) is 23.1 Å². The van der Waals surface area contributed by atoms with Crippen LogP contribution in [0, 0.1) is 0 Å². The van der Waals surface area contributed by atoms with Crippen LogP contribution in [0.2, 0.25) is 0 Å². The number of furan rings is 1. The molecule has 1 unspecified atom stereocenters. The zero-order valence-corrected chi connectivity index (χ0v) is 24.3. The highest BCUT2D eigenvalue weighted by atomic mass is 32.2. The quantitative estimate of drug-likeness (QED) is 0.162. The number of ether oxygens (including phenoxy) is 1. The Hall–Kier alpha value is -4.67. The van der Waals surface area contributed by atoms with E-state index >= 15 is 0 Å². The minimum atomic E-state index is -0.204. The molecule has 0 spiro atoms. The highest BCUT2D eigenvalue weighted by Gasteiger charge is 2.22. The first kappa shape index (κ1) is 27.5. The van der Waals surface area contributed by atoms with Crippen molar-refractivity contribution in [3.05, 3.63) is 131 Å². The van der Waals surface area contributed by atoms with Crippen LogP contribution in [0.25, 0.3) is 17.3 Å². The maximum absolute atomic E-state index is 13.3. The van der Waals surface area contributed by atoms with Crippen molar-refractivity contribution >= 4 is 29.0 Å². The summed E-state index contributed by atoms with van der Waals surface area (Å²) in [5.41, 5.74) is 3.38. The van der Waals surface area contributed by atoms with Gasteiger partial charge in [-0.05, 0) is 41.8 Å². The van der Waals surface area contributed by atoms with E-state index in [2.05, 4.69) is 32.6 Å². The van der Waals surface area contributed by atoms with Crippen molar-refractivity contribution in [2.75, 3.05) is 7.11 Å². The highest BCUT2D eigenvalue weighted by Crippen LogP contribution is 2.34. The number of carbonyl (C=O) groups excluding carboxylic acids is 1. The molecule has 3 aromatic carbocycles. The van der Waals surface area contributed by atoms with E-state index in [0.717, 1.165) is 21.8 Å². The summed E-state index contributed by atoms with van der Waals surface area (Å²) in [6.45, 7) is 0. The van der Waals surface area contributed by atoms with Gasteiger partial charge in [0.15, 0.2) is 10.9 Å². The van der Waals surface area contributed by atoms with Gasteiger partial charge in [-0.25, -0.2) is 4.98 Å². The smallest absolute Gasteiger partial charge is 0.271 e. The number of hydrogen-bond donors (Lipinski definition) is 1. The summed E-state index contributed by atoms with van der Waals surface area (Å²) in [4.78, 5) is 18.0. The third kappa shape index (κ3) is 6.14. The van der Waals surface area contributed by atoms with Gasteiger partial charge in [0.05, 0.1) is 30.9 Å². The van der Waals surface area contributed by atoms with Gasteiger partial charge in [0.25, 0.3) is 5.91 Å². The lowest BCUT2D eigenvalue weighted by Crippen LogP contribution is -2.30. The zero-order chi connectivity index (χ0) is 28.7. The normalized spacial score (nSPS) is 11.7. The summed E-state index contributed by atoms with van der Waals surface area (Å²) in [6.07, 6.45) is 2.29. The minimum absolute atomic E-state index is 0.181. The number of rotatable bonds is 11. The van der Waals surface area contributed by atoms with Crippen molar-refractivity contribution < 1.29 is 13.9 Å². The molecule has 0 saturated carbocycles. The fourth-order valence-corrected chi connectivity index (χ4v) is 6.32. The van der Waals surface area contributed by atoms with Crippen LogP contribution in [0.3, 0.4) is 0 Å². The molecular weight excluding hydrogens is 567 g/mol. The summed E-state index contributed by atoms with van der Waals surface area (Å²) in [6, 6.07) is 31.3. The molecule has 0 fully saturated rings. The van der Waals surface area contributed by atoms with Crippen molar-refractivity contribution in [3.63, 3.8) is 0 Å². The summed E-state index contributed by atoms with van der Waals surface area (Å²) < 4.78 is 13.2. The Kier molecular flexibility index (Phi) is 8.43. The molecule has 210 valence electrons. The fourth-order valence-electron chi connectivity index (χ4n) is 4.59. The average Bonchev–Trinajstić information content (AvgIpc) is 3.82. The molecule has 1 atom stereocenters. The first-order valence-corrected chi connectivity index (χ1v) is 15.2. The summed E-state index contributed by atoms with van der Waals surface area (Å²) in [5.74, 6) is 2.15. The molecule has 1 N–H and O–H groups in total. The van der Waals surface area contributed by atoms with E-state index in [4.69, 9.17) is 9.15 Å². The van der Waals surface area contributed by atoms with Gasteiger partial charge in [-0.15, -0.1) is 21.5 Å². The largest absolute Gasteiger partial charge is 0.495 e. The second-order valence-electron chi connectivity index (χ2n) is 9.33. The first-order chi connectivity index (χ1) is 20.7. The van der Waals surface area contributed by atoms with Crippen LogP contribution in [-0.4, -0.2) is 32.8 Å². The molecule has 6 rings (SSSR count). The van der Waals surface area contributed by atoms with Gasteiger partial charge in [0, 0.05) is 5.38 Å². The van der Waals surface area contributed by atoms with Crippen molar-refractivity contribution in [1.29, 1.82) is 0 Å². The Morgan fingerprint density at radius 1 is 0.976 bits per heavy atom. The van der Waals surface area contributed by atoms with Gasteiger partial charge in [-0.2, -0.15) is 0 Å². The number of benzene rings is 3. The molecule has 3 heterocycles. The molecule has 6 aromatic rings. The molecule has 0 saturated heterocycles. The molecule has 3 aromatic heterocycles. The maximum Gasteiger partial charge on any atom is 0.271 e. The molecule has 1 amide bonds. The Balaban J connectivity index is 1.20. The van der Waals surface area contributed by atoms with Crippen molar-refractivity contribution in [2.45, 2.75) is 23.4 Å². The van der Waals surface area contributed by atoms with Gasteiger partial charge in [-0.1, -0.05) is 84.6 Å². The summed E-state index contributed by atoms with van der Waals surface area (Å²) >= 11 is 2.92. The lowest BCUT2D eigenvalue weighted by atomic mass is 9.99. The SMILES string of the molecule is COc1ccccc1-n1c(SCc2nc(C(=O)NC(Cc3ccccc3)c3ccccc3)cs2)nnc1-c1ccco1. The predicted octanol–water partition coefficient (Wildman–Crippen LogP) is 7.00. The van der Waals surface area contributed by atoms with Crippen molar-refractivity contribution in [1.82, 2.24) is 25.1 Å². The van der Waals surface area contributed by atoms with E-state index < -0.39 is 0 Å². The first-order valence-electron chi connectivity index (χ1n) is 13.3. The molecule has 0 radical (unpaired) electrons. The number of nitrogens with zero attached hydrogens (tertiary/aromatic N) is 4. The standard InChI is InChI=1S/C32H27N5O3S2/c1-39-27-16-9-8-15-26(27)37-30(28-17-10-18-40-28)35-36-32(37)42-21-29-33-25(20-41-29)31(38)34-24(23-13-6-3-7-14-23)19-22-11-4-2-5-12-22/h2-18,20,24H,19,21H2,1H3,(H,34,38). The van der Waals surface area contributed by atoms with Crippen LogP contribution in [0.5, 0.6) is 5.75 Å². The van der Waals surface area contributed by atoms with Crippen LogP contribution in [0.1, 0.15) is 32.7 Å². The van der Waals surface area contributed by atoms with Gasteiger partial charge in [0.1, 0.15) is 16.5 Å². The molecule has 10 heteroatoms. The third-order valence-electron chi connectivity index (χ3n) is 6.60. The van der Waals surface area contributed by atoms with Crippen LogP contribution < -0.4 is 10.1 Å². The lowest BCUT2D eigenvalue weighted by molar-refractivity contribution is 0.0932. The molecule has 42 heavy (non-hydrogen) atoms. The Labute approximate surface area is 251 Å². The van der Waals surface area contributed by atoms with Gasteiger partial charge < -0.3 is 14.5 Å². The molecule has 0 aliphatic carbocycles. The lowest BCUT2D eigenvalue weighted by Gasteiger charge is -2.19. The monoisotopic (exact) mass is 593 g/mol. The number of thiazole rings is 1. The number of amides is 1. The number of carbonyl (C=O) groups is 1. The minimum Gasteiger partial charge on any atom is -0.495 e. The van der Waals surface area contributed by atoms with Crippen LogP contribution in [0.15, 0.2) is 118 Å². The summed E-state index contributed by atoms with van der Waals surface area (Å²) in [7, 11) is 1.63. The molecule has 0 aliphatic heterocycles. The molecular formula is C32H27N5O3S2. The predicted molar refractivity (Wildman–Crippen MR) is 164 cm³/mol. The number of hydrogen-bond acceptors (Lipinski definition) is 8. The fraction of sp³-hybridized carbons (Fsp3) is 0.125. The Bertz CT molecular complexity index is 1750. The number of thioether (sulfide) groups is 1. The van der Waals surface area contributed by atoms with E-state index in [1.54, 1.807) is 18.8 Å².